The van der Waals surface area contributed by atoms with Gasteiger partial charge in [0, 0.05) is 11.6 Å². The first kappa shape index (κ1) is 21.8. The van der Waals surface area contributed by atoms with Crippen molar-refractivity contribution in [2.24, 2.45) is 5.92 Å². The number of Topliss-reactive ketones (excluding diaryl/α,β-unsaturated/α-hetero) is 1. The van der Waals surface area contributed by atoms with E-state index in [1.165, 1.54) is 13.8 Å². The maximum atomic E-state index is 11.1. The van der Waals surface area contributed by atoms with Crippen LogP contribution in [-0.4, -0.2) is 22.6 Å². The molecule has 1 N–H and O–H groups in total. The Hall–Kier alpha value is -2.21. The van der Waals surface area contributed by atoms with Crippen molar-refractivity contribution in [3.8, 4) is 16.9 Å². The average Bonchev–Trinajstić information content (AvgIpc) is 2.55. The molecule has 1 heterocycles. The van der Waals surface area contributed by atoms with E-state index in [2.05, 4.69) is 4.74 Å². The third-order valence-electron chi connectivity index (χ3n) is 3.52. The monoisotopic (exact) mass is 362 g/mol. The molecule has 0 saturated heterocycles. The molecule has 1 aliphatic rings. The zero-order chi connectivity index (χ0) is 18.4. The smallest absolute Gasteiger partial charge is 1.00 e. The second-order valence-corrected chi connectivity index (χ2v) is 5.51. The van der Waals surface area contributed by atoms with Crippen molar-refractivity contribution in [2.75, 3.05) is 0 Å². The van der Waals surface area contributed by atoms with E-state index in [0.29, 0.717) is 5.75 Å². The van der Waals surface area contributed by atoms with Gasteiger partial charge in [0.05, 0.1) is 0 Å². The Balaban J connectivity index is 0.000000468. The van der Waals surface area contributed by atoms with E-state index in [1.807, 2.05) is 48.5 Å². The molecule has 1 aliphatic heterocycles. The number of para-hydroxylation sites is 1. The summed E-state index contributed by atoms with van der Waals surface area (Å²) in [5.41, 5.74) is 1.92. The summed E-state index contributed by atoms with van der Waals surface area (Å²) in [6.07, 6.45) is 1.16. The van der Waals surface area contributed by atoms with Crippen molar-refractivity contribution >= 4 is 17.5 Å². The van der Waals surface area contributed by atoms with Gasteiger partial charge >= 0.3 is 35.5 Å². The molecule has 0 amide bonds. The van der Waals surface area contributed by atoms with Gasteiger partial charge in [-0.15, -0.1) is 0 Å². The van der Waals surface area contributed by atoms with Crippen LogP contribution in [0.25, 0.3) is 11.1 Å². The Kier molecular flexibility index (Phi) is 8.45. The van der Waals surface area contributed by atoms with Crippen LogP contribution in [0.5, 0.6) is 5.75 Å². The van der Waals surface area contributed by atoms with Crippen molar-refractivity contribution in [1.82, 2.24) is 0 Å². The first-order valence-electron chi connectivity index (χ1n) is 7.68. The van der Waals surface area contributed by atoms with Crippen LogP contribution >= 0.6 is 0 Å². The Bertz CT molecular complexity index is 833. The molecular weight excluding hydrogens is 343 g/mol. The molecule has 1 atom stereocenters. The Labute approximate surface area is 175 Å². The Morgan fingerprint density at radius 2 is 1.62 bits per heavy atom. The van der Waals surface area contributed by atoms with Crippen LogP contribution in [-0.2, 0) is 19.1 Å². The largest absolute Gasteiger partial charge is 1.00 e. The van der Waals surface area contributed by atoms with Crippen LogP contribution < -0.4 is 29.6 Å². The number of benzene rings is 2. The SMILES string of the molecule is CC(=O)C1C(=O)C=C(C)OC1=O.Oc1ccccc1-c1ccccc1.[H-].[Na+]. The third kappa shape index (κ3) is 5.66. The number of hydrogen-bond donors (Lipinski definition) is 1. The number of phenols is 1. The van der Waals surface area contributed by atoms with Gasteiger partial charge in [0.15, 0.2) is 17.5 Å². The maximum absolute atomic E-state index is 11.1. The van der Waals surface area contributed by atoms with Crippen molar-refractivity contribution in [3.05, 3.63) is 66.4 Å². The van der Waals surface area contributed by atoms with Gasteiger partial charge in [-0.1, -0.05) is 48.5 Å². The topological polar surface area (TPSA) is 80.7 Å². The molecule has 0 spiro atoms. The second kappa shape index (κ2) is 10.1. The standard InChI is InChI=1S/C12H10O.C8H8O4.Na.H/c13-12-9-5-4-8-11(12)10-6-2-1-3-7-10;1-4-3-6(10)7(5(2)9)8(11)12-4;;/h1-9,13H;3,7H,1-2H3;;/q;;+1;-1. The van der Waals surface area contributed by atoms with E-state index in [4.69, 9.17) is 0 Å². The van der Waals surface area contributed by atoms with Gasteiger partial charge in [0.25, 0.3) is 0 Å². The predicted octanol–water partition coefficient (Wildman–Crippen LogP) is 0.397. The minimum atomic E-state index is -1.24. The molecule has 2 aromatic carbocycles. The van der Waals surface area contributed by atoms with Crippen LogP contribution in [0.15, 0.2) is 66.4 Å². The number of rotatable bonds is 2. The number of hydrogen-bond acceptors (Lipinski definition) is 5. The van der Waals surface area contributed by atoms with Gasteiger partial charge in [-0.05, 0) is 25.5 Å². The molecule has 0 fully saturated rings. The molecular formula is C20H19NaO5. The van der Waals surface area contributed by atoms with E-state index in [0.717, 1.165) is 17.2 Å². The van der Waals surface area contributed by atoms with Gasteiger partial charge in [0.1, 0.15) is 11.5 Å². The van der Waals surface area contributed by atoms with Crippen molar-refractivity contribution in [2.45, 2.75) is 13.8 Å². The van der Waals surface area contributed by atoms with Crippen molar-refractivity contribution in [1.29, 1.82) is 0 Å². The first-order chi connectivity index (χ1) is 11.9. The average molecular weight is 362 g/mol. The van der Waals surface area contributed by atoms with Crippen molar-refractivity contribution in [3.63, 3.8) is 0 Å². The second-order valence-electron chi connectivity index (χ2n) is 5.51. The molecule has 0 saturated carbocycles. The van der Waals surface area contributed by atoms with Crippen LogP contribution in [0.2, 0.25) is 0 Å². The number of carbonyl (C=O) groups excluding carboxylic acids is 3. The normalized spacial score (nSPS) is 15.6. The number of cyclic esters (lactones) is 1. The van der Waals surface area contributed by atoms with Crippen LogP contribution in [0.3, 0.4) is 0 Å². The van der Waals surface area contributed by atoms with Gasteiger partial charge in [-0.3, -0.25) is 14.4 Å². The number of ketones is 2. The fourth-order valence-corrected chi connectivity index (χ4v) is 2.35. The summed E-state index contributed by atoms with van der Waals surface area (Å²) < 4.78 is 4.61. The van der Waals surface area contributed by atoms with E-state index in [9.17, 15) is 19.5 Å². The Morgan fingerprint density at radius 3 is 2.15 bits per heavy atom. The number of ether oxygens (including phenoxy) is 1. The number of allylic oxidation sites excluding steroid dienone is 2. The zero-order valence-corrected chi connectivity index (χ0v) is 16.9. The van der Waals surface area contributed by atoms with Gasteiger partial charge < -0.3 is 11.3 Å². The van der Waals surface area contributed by atoms with E-state index >= 15 is 0 Å². The number of aromatic hydroxyl groups is 1. The molecule has 5 nitrogen and oxygen atoms in total. The zero-order valence-electron chi connectivity index (χ0n) is 15.9. The van der Waals surface area contributed by atoms with Gasteiger partial charge in [-0.2, -0.15) is 0 Å². The summed E-state index contributed by atoms with van der Waals surface area (Å²) in [4.78, 5) is 32.8. The molecule has 0 aliphatic carbocycles. The fourth-order valence-electron chi connectivity index (χ4n) is 2.35. The van der Waals surface area contributed by atoms with Gasteiger partial charge in [-0.25, -0.2) is 0 Å². The molecule has 130 valence electrons. The van der Waals surface area contributed by atoms with E-state index in [-0.39, 0.29) is 36.7 Å². The summed E-state index contributed by atoms with van der Waals surface area (Å²) in [6.45, 7) is 2.68. The predicted molar refractivity (Wildman–Crippen MR) is 93.7 cm³/mol. The van der Waals surface area contributed by atoms with E-state index in [1.54, 1.807) is 6.07 Å². The number of phenolic OH excluding ortho intramolecular Hbond substituents is 1. The van der Waals surface area contributed by atoms with Crippen LogP contribution in [0, 0.1) is 5.92 Å². The summed E-state index contributed by atoms with van der Waals surface area (Å²) in [7, 11) is 0. The molecule has 3 rings (SSSR count). The summed E-state index contributed by atoms with van der Waals surface area (Å²) in [6, 6.07) is 17.2. The summed E-state index contributed by atoms with van der Waals surface area (Å²) in [5.74, 6) is -2.41. The Morgan fingerprint density at radius 1 is 1.04 bits per heavy atom. The molecule has 0 aromatic heterocycles. The van der Waals surface area contributed by atoms with Crippen LogP contribution in [0.1, 0.15) is 15.3 Å². The molecule has 6 heteroatoms. The first-order valence-corrected chi connectivity index (χ1v) is 7.68. The summed E-state index contributed by atoms with van der Waals surface area (Å²) in [5, 5.41) is 9.56. The summed E-state index contributed by atoms with van der Waals surface area (Å²) >= 11 is 0. The van der Waals surface area contributed by atoms with E-state index < -0.39 is 23.5 Å². The van der Waals surface area contributed by atoms with Gasteiger partial charge in [0.2, 0.25) is 0 Å². The molecule has 0 bridgehead atoms. The molecule has 26 heavy (non-hydrogen) atoms. The molecule has 1 unspecified atom stereocenters. The number of esters is 1. The molecule has 2 aromatic rings. The quantitative estimate of drug-likeness (QED) is 0.475. The minimum absolute atomic E-state index is 0. The third-order valence-corrected chi connectivity index (χ3v) is 3.52. The van der Waals surface area contributed by atoms with Crippen molar-refractivity contribution < 1.29 is 55.2 Å². The minimum Gasteiger partial charge on any atom is -1.00 e. The fraction of sp³-hybridized carbons (Fsp3) is 0.150. The van der Waals surface area contributed by atoms with Crippen LogP contribution in [0.4, 0.5) is 0 Å². The number of carbonyl (C=O) groups is 3. The molecule has 0 radical (unpaired) electrons. The maximum Gasteiger partial charge on any atom is 1.00 e.